The highest BCUT2D eigenvalue weighted by molar-refractivity contribution is 5.90. The number of nitrogens with zero attached hydrogens (tertiary/aromatic N) is 4. The fourth-order valence-electron chi connectivity index (χ4n) is 2.69. The Morgan fingerprint density at radius 1 is 0.793 bits per heavy atom. The number of nitrogens with one attached hydrogen (secondary N) is 3. The van der Waals surface area contributed by atoms with E-state index in [4.69, 9.17) is 0 Å². The number of carbonyl (C=O) groups excluding carboxylic acids is 1. The summed E-state index contributed by atoms with van der Waals surface area (Å²) in [5, 5.41) is 9.22. The third kappa shape index (κ3) is 5.16. The lowest BCUT2D eigenvalue weighted by Crippen LogP contribution is -2.17. The largest absolute Gasteiger partial charge is 0.345 e. The van der Waals surface area contributed by atoms with E-state index < -0.39 is 0 Å². The van der Waals surface area contributed by atoms with Gasteiger partial charge in [0.2, 0.25) is 5.91 Å². The average molecular weight is 385 g/mol. The Morgan fingerprint density at radius 3 is 2.24 bits per heavy atom. The molecule has 0 unspecified atom stereocenters. The number of anilines is 5. The van der Waals surface area contributed by atoms with Gasteiger partial charge in [-0.25, -0.2) is 15.0 Å². The third-order valence-corrected chi connectivity index (χ3v) is 4.02. The van der Waals surface area contributed by atoms with Crippen molar-refractivity contribution in [2.75, 3.05) is 16.0 Å². The first-order valence-electron chi connectivity index (χ1n) is 9.02. The van der Waals surface area contributed by atoms with Crippen molar-refractivity contribution in [2.24, 2.45) is 0 Å². The van der Waals surface area contributed by atoms with Crippen LogP contribution in [-0.2, 0) is 11.3 Å². The van der Waals surface area contributed by atoms with Crippen LogP contribution >= 0.6 is 0 Å². The maximum Gasteiger partial charge on any atom is 0.244 e. The number of aromatic nitrogens is 4. The standard InChI is InChI=1S/C21H19N7O/c29-21(14-28-11-3-4-12-28)26-17-8-6-16(7-9-17)25-19-13-20(24-15-23-19)27-18-5-1-2-10-22-18/h1-13,15H,14H2,(H,26,29)(H2,22,23,24,25,27). The van der Waals surface area contributed by atoms with Gasteiger partial charge in [0.25, 0.3) is 0 Å². The van der Waals surface area contributed by atoms with Gasteiger partial charge in [-0.3, -0.25) is 4.79 Å². The number of hydrogen-bond acceptors (Lipinski definition) is 6. The summed E-state index contributed by atoms with van der Waals surface area (Å²) >= 11 is 0. The Balaban J connectivity index is 1.36. The molecule has 1 aromatic carbocycles. The lowest BCUT2D eigenvalue weighted by atomic mass is 10.2. The Labute approximate surface area is 167 Å². The Hall–Kier alpha value is -4.20. The average Bonchev–Trinajstić information content (AvgIpc) is 3.23. The molecule has 8 heteroatoms. The van der Waals surface area contributed by atoms with E-state index in [1.54, 1.807) is 12.3 Å². The molecule has 0 radical (unpaired) electrons. The van der Waals surface area contributed by atoms with Crippen molar-refractivity contribution in [3.63, 3.8) is 0 Å². The first kappa shape index (κ1) is 18.2. The topological polar surface area (TPSA) is 96.8 Å². The second kappa shape index (κ2) is 8.66. The molecule has 3 aromatic heterocycles. The number of hydrogen-bond donors (Lipinski definition) is 3. The van der Waals surface area contributed by atoms with Crippen molar-refractivity contribution in [2.45, 2.75) is 6.54 Å². The first-order valence-corrected chi connectivity index (χ1v) is 9.02. The Morgan fingerprint density at radius 2 is 1.52 bits per heavy atom. The van der Waals surface area contributed by atoms with Gasteiger partial charge in [-0.15, -0.1) is 0 Å². The molecule has 0 fully saturated rings. The van der Waals surface area contributed by atoms with Crippen molar-refractivity contribution < 1.29 is 4.79 Å². The summed E-state index contributed by atoms with van der Waals surface area (Å²) in [6.45, 7) is 0.278. The number of pyridine rings is 1. The number of amides is 1. The maximum absolute atomic E-state index is 12.1. The number of carbonyl (C=O) groups is 1. The van der Waals surface area contributed by atoms with E-state index in [-0.39, 0.29) is 12.5 Å². The van der Waals surface area contributed by atoms with E-state index in [0.29, 0.717) is 17.5 Å². The Bertz CT molecular complexity index is 1060. The summed E-state index contributed by atoms with van der Waals surface area (Å²) in [6, 6.07) is 18.6. The summed E-state index contributed by atoms with van der Waals surface area (Å²) in [4.78, 5) is 24.7. The molecule has 3 N–H and O–H groups in total. The molecule has 3 heterocycles. The van der Waals surface area contributed by atoms with Gasteiger partial charge in [0, 0.05) is 36.0 Å². The molecule has 29 heavy (non-hydrogen) atoms. The molecule has 4 rings (SSSR count). The number of rotatable bonds is 7. The van der Waals surface area contributed by atoms with Crippen molar-refractivity contribution >= 4 is 34.7 Å². The van der Waals surface area contributed by atoms with Gasteiger partial charge in [-0.2, -0.15) is 0 Å². The van der Waals surface area contributed by atoms with Gasteiger partial charge < -0.3 is 20.5 Å². The van der Waals surface area contributed by atoms with Gasteiger partial charge in [0.1, 0.15) is 30.3 Å². The molecule has 8 nitrogen and oxygen atoms in total. The van der Waals surface area contributed by atoms with E-state index in [2.05, 4.69) is 30.9 Å². The van der Waals surface area contributed by atoms with Crippen LogP contribution in [0, 0.1) is 0 Å². The molecule has 0 saturated carbocycles. The van der Waals surface area contributed by atoms with Crippen LogP contribution in [0.4, 0.5) is 28.8 Å². The minimum absolute atomic E-state index is 0.0806. The molecular formula is C21H19N7O. The lowest BCUT2D eigenvalue weighted by molar-refractivity contribution is -0.116. The predicted octanol–water partition coefficient (Wildman–Crippen LogP) is 3.80. The first-order chi connectivity index (χ1) is 14.2. The Kier molecular flexibility index (Phi) is 5.43. The highest BCUT2D eigenvalue weighted by Gasteiger charge is 2.04. The second-order valence-electron chi connectivity index (χ2n) is 6.23. The van der Waals surface area contributed by atoms with Crippen LogP contribution in [0.3, 0.4) is 0 Å². The van der Waals surface area contributed by atoms with Crippen molar-refractivity contribution in [1.29, 1.82) is 0 Å². The molecule has 0 bridgehead atoms. The molecule has 0 saturated heterocycles. The van der Waals surface area contributed by atoms with Crippen LogP contribution in [0.2, 0.25) is 0 Å². The van der Waals surface area contributed by atoms with Crippen LogP contribution in [-0.4, -0.2) is 25.4 Å². The fourth-order valence-corrected chi connectivity index (χ4v) is 2.69. The van der Waals surface area contributed by atoms with Crippen LogP contribution in [0.5, 0.6) is 0 Å². The van der Waals surface area contributed by atoms with E-state index in [1.807, 2.05) is 71.6 Å². The molecule has 4 aromatic rings. The zero-order valence-electron chi connectivity index (χ0n) is 15.5. The maximum atomic E-state index is 12.1. The molecule has 0 spiro atoms. The molecule has 0 aliphatic rings. The summed E-state index contributed by atoms with van der Waals surface area (Å²) in [6.07, 6.45) is 6.89. The molecule has 1 amide bonds. The summed E-state index contributed by atoms with van der Waals surface area (Å²) in [7, 11) is 0. The second-order valence-corrected chi connectivity index (χ2v) is 6.23. The van der Waals surface area contributed by atoms with Gasteiger partial charge >= 0.3 is 0 Å². The van der Waals surface area contributed by atoms with E-state index in [1.165, 1.54) is 6.33 Å². The molecule has 0 aliphatic carbocycles. The minimum atomic E-state index is -0.0806. The van der Waals surface area contributed by atoms with Gasteiger partial charge in [0.15, 0.2) is 0 Å². The van der Waals surface area contributed by atoms with E-state index in [0.717, 1.165) is 11.4 Å². The lowest BCUT2D eigenvalue weighted by Gasteiger charge is -2.10. The normalized spacial score (nSPS) is 10.3. The van der Waals surface area contributed by atoms with Crippen LogP contribution in [0.1, 0.15) is 0 Å². The van der Waals surface area contributed by atoms with Crippen LogP contribution in [0.15, 0.2) is 85.6 Å². The summed E-state index contributed by atoms with van der Waals surface area (Å²) < 4.78 is 1.82. The molecule has 144 valence electrons. The zero-order chi connectivity index (χ0) is 19.9. The molecule has 0 atom stereocenters. The fraction of sp³-hybridized carbons (Fsp3) is 0.0476. The third-order valence-electron chi connectivity index (χ3n) is 4.02. The van der Waals surface area contributed by atoms with Gasteiger partial charge in [0.05, 0.1) is 0 Å². The number of benzene rings is 1. The van der Waals surface area contributed by atoms with Crippen molar-refractivity contribution in [1.82, 2.24) is 19.5 Å². The highest BCUT2D eigenvalue weighted by atomic mass is 16.1. The monoisotopic (exact) mass is 385 g/mol. The minimum Gasteiger partial charge on any atom is -0.345 e. The quantitative estimate of drug-likeness (QED) is 0.448. The van der Waals surface area contributed by atoms with Crippen LogP contribution in [0.25, 0.3) is 0 Å². The summed E-state index contributed by atoms with van der Waals surface area (Å²) in [5.41, 5.74) is 1.57. The smallest absolute Gasteiger partial charge is 0.244 e. The van der Waals surface area contributed by atoms with Crippen molar-refractivity contribution in [3.05, 3.63) is 85.6 Å². The van der Waals surface area contributed by atoms with E-state index in [9.17, 15) is 4.79 Å². The summed E-state index contributed by atoms with van der Waals surface area (Å²) in [5.74, 6) is 1.90. The zero-order valence-corrected chi connectivity index (χ0v) is 15.5. The van der Waals surface area contributed by atoms with Gasteiger partial charge in [-0.1, -0.05) is 6.07 Å². The van der Waals surface area contributed by atoms with Gasteiger partial charge in [-0.05, 0) is 48.5 Å². The van der Waals surface area contributed by atoms with Crippen molar-refractivity contribution in [3.8, 4) is 0 Å². The SMILES string of the molecule is O=C(Cn1cccc1)Nc1ccc(Nc2cc(Nc3ccccn3)ncn2)cc1. The molecule has 0 aliphatic heterocycles. The molecular weight excluding hydrogens is 366 g/mol. The highest BCUT2D eigenvalue weighted by Crippen LogP contribution is 2.20. The van der Waals surface area contributed by atoms with E-state index >= 15 is 0 Å². The van der Waals surface area contributed by atoms with Crippen LogP contribution < -0.4 is 16.0 Å². The predicted molar refractivity (Wildman–Crippen MR) is 112 cm³/mol.